The van der Waals surface area contributed by atoms with Gasteiger partial charge in [-0.25, -0.2) is 4.79 Å². The van der Waals surface area contributed by atoms with Crippen LogP contribution < -0.4 is 10.6 Å². The molecule has 5 heteroatoms. The number of aliphatic carboxylic acids is 1. The monoisotopic (exact) mass is 290 g/mol. The van der Waals surface area contributed by atoms with Gasteiger partial charge in [-0.15, -0.1) is 0 Å². The Morgan fingerprint density at radius 2 is 2.00 bits per heavy atom. The molecule has 21 heavy (non-hydrogen) atoms. The van der Waals surface area contributed by atoms with Crippen LogP contribution in [-0.2, 0) is 15.1 Å². The summed E-state index contributed by atoms with van der Waals surface area (Å²) in [5.74, 6) is -0.851. The first-order valence-electron chi connectivity index (χ1n) is 7.28. The molecule has 1 amide bonds. The zero-order chi connectivity index (χ0) is 15.5. The molecule has 114 valence electrons. The third-order valence-electron chi connectivity index (χ3n) is 4.13. The highest BCUT2D eigenvalue weighted by molar-refractivity contribution is 5.90. The normalized spacial score (nSPS) is 24.9. The highest BCUT2D eigenvalue weighted by Gasteiger charge is 2.38. The number of carboxylic acid groups (broad SMARTS) is 1. The molecule has 1 fully saturated rings. The van der Waals surface area contributed by atoms with Gasteiger partial charge in [0.15, 0.2) is 5.54 Å². The minimum atomic E-state index is -1.42. The summed E-state index contributed by atoms with van der Waals surface area (Å²) >= 11 is 0. The molecule has 5 nitrogen and oxygen atoms in total. The van der Waals surface area contributed by atoms with Crippen molar-refractivity contribution in [2.45, 2.75) is 38.3 Å². The molecule has 3 unspecified atom stereocenters. The van der Waals surface area contributed by atoms with Crippen molar-refractivity contribution in [1.29, 1.82) is 0 Å². The van der Waals surface area contributed by atoms with E-state index in [1.165, 1.54) is 6.92 Å². The second-order valence-corrected chi connectivity index (χ2v) is 5.92. The Labute approximate surface area is 124 Å². The third-order valence-corrected chi connectivity index (χ3v) is 4.13. The Morgan fingerprint density at radius 1 is 1.33 bits per heavy atom. The molecule has 0 spiro atoms. The zero-order valence-electron chi connectivity index (χ0n) is 12.4. The van der Waals surface area contributed by atoms with Gasteiger partial charge in [-0.1, -0.05) is 37.3 Å². The van der Waals surface area contributed by atoms with Crippen molar-refractivity contribution < 1.29 is 14.7 Å². The first-order valence-corrected chi connectivity index (χ1v) is 7.28. The molecule has 0 saturated carbocycles. The summed E-state index contributed by atoms with van der Waals surface area (Å²) in [5.41, 5.74) is -0.851. The van der Waals surface area contributed by atoms with E-state index in [4.69, 9.17) is 0 Å². The van der Waals surface area contributed by atoms with E-state index in [2.05, 4.69) is 17.6 Å². The van der Waals surface area contributed by atoms with Crippen LogP contribution in [0.1, 0.15) is 32.3 Å². The Kier molecular flexibility index (Phi) is 4.63. The lowest BCUT2D eigenvalue weighted by Gasteiger charge is -2.32. The first kappa shape index (κ1) is 15.5. The molecule has 3 atom stereocenters. The maximum atomic E-state index is 12.4. The van der Waals surface area contributed by atoms with Crippen LogP contribution in [0.3, 0.4) is 0 Å². The molecule has 0 bridgehead atoms. The molecule has 0 aliphatic carbocycles. The SMILES string of the molecule is CC1CCNC(C(=O)NC(C)(C(=O)O)c2ccccc2)C1. The van der Waals surface area contributed by atoms with E-state index in [0.29, 0.717) is 11.5 Å². The highest BCUT2D eigenvalue weighted by atomic mass is 16.4. The number of hydrogen-bond acceptors (Lipinski definition) is 3. The van der Waals surface area contributed by atoms with Gasteiger partial charge in [-0.2, -0.15) is 0 Å². The molecular weight excluding hydrogens is 268 g/mol. The second-order valence-electron chi connectivity index (χ2n) is 5.92. The number of carboxylic acids is 1. The summed E-state index contributed by atoms with van der Waals surface area (Å²) in [6.07, 6.45) is 1.77. The molecule has 0 radical (unpaired) electrons. The van der Waals surface area contributed by atoms with E-state index < -0.39 is 11.5 Å². The zero-order valence-corrected chi connectivity index (χ0v) is 12.4. The average molecular weight is 290 g/mol. The summed E-state index contributed by atoms with van der Waals surface area (Å²) in [4.78, 5) is 24.1. The van der Waals surface area contributed by atoms with Crippen molar-refractivity contribution >= 4 is 11.9 Å². The highest BCUT2D eigenvalue weighted by Crippen LogP contribution is 2.22. The van der Waals surface area contributed by atoms with Crippen molar-refractivity contribution in [2.24, 2.45) is 5.92 Å². The summed E-state index contributed by atoms with van der Waals surface area (Å²) in [6.45, 7) is 4.41. The van der Waals surface area contributed by atoms with Gasteiger partial charge >= 0.3 is 5.97 Å². The lowest BCUT2D eigenvalue weighted by atomic mass is 9.89. The Bertz CT molecular complexity index is 518. The summed E-state index contributed by atoms with van der Waals surface area (Å²) in [7, 11) is 0. The van der Waals surface area contributed by atoms with Gasteiger partial charge in [0.25, 0.3) is 0 Å². The standard InChI is InChI=1S/C16H22N2O3/c1-11-8-9-17-13(10-11)14(19)18-16(2,15(20)21)12-6-4-3-5-7-12/h3-7,11,13,17H,8-10H2,1-2H3,(H,18,19)(H,20,21). The van der Waals surface area contributed by atoms with Gasteiger partial charge in [0.1, 0.15) is 0 Å². The van der Waals surface area contributed by atoms with E-state index in [0.717, 1.165) is 19.4 Å². The van der Waals surface area contributed by atoms with E-state index in [1.54, 1.807) is 24.3 Å². The first-order chi connectivity index (χ1) is 9.93. The smallest absolute Gasteiger partial charge is 0.333 e. The van der Waals surface area contributed by atoms with Crippen LogP contribution in [0.5, 0.6) is 0 Å². The number of hydrogen-bond donors (Lipinski definition) is 3. The Morgan fingerprint density at radius 3 is 2.57 bits per heavy atom. The van der Waals surface area contributed by atoms with Gasteiger partial charge < -0.3 is 15.7 Å². The van der Waals surface area contributed by atoms with Crippen LogP contribution >= 0.6 is 0 Å². The number of nitrogens with one attached hydrogen (secondary N) is 2. The van der Waals surface area contributed by atoms with Crippen LogP contribution in [0.25, 0.3) is 0 Å². The fourth-order valence-electron chi connectivity index (χ4n) is 2.66. The molecule has 1 aliphatic rings. The van der Waals surface area contributed by atoms with E-state index in [9.17, 15) is 14.7 Å². The lowest BCUT2D eigenvalue weighted by molar-refractivity contribution is -0.147. The minimum Gasteiger partial charge on any atom is -0.479 e. The van der Waals surface area contributed by atoms with Crippen LogP contribution in [0.15, 0.2) is 30.3 Å². The predicted octanol–water partition coefficient (Wildman–Crippen LogP) is 1.49. The van der Waals surface area contributed by atoms with Crippen LogP contribution in [0.4, 0.5) is 0 Å². The summed E-state index contributed by atoms with van der Waals surface area (Å²) in [6, 6.07) is 8.46. The molecule has 2 rings (SSSR count). The molecule has 0 aromatic heterocycles. The van der Waals surface area contributed by atoms with Crippen molar-refractivity contribution in [3.8, 4) is 0 Å². The molecule has 1 heterocycles. The van der Waals surface area contributed by atoms with Gasteiger partial charge in [-0.05, 0) is 37.8 Å². The van der Waals surface area contributed by atoms with Crippen molar-refractivity contribution in [3.63, 3.8) is 0 Å². The lowest BCUT2D eigenvalue weighted by Crippen LogP contribution is -2.56. The second kappa shape index (κ2) is 6.26. The number of benzene rings is 1. The molecular formula is C16H22N2O3. The topological polar surface area (TPSA) is 78.4 Å². The Balaban J connectivity index is 2.17. The number of amides is 1. The average Bonchev–Trinajstić information content (AvgIpc) is 2.47. The van der Waals surface area contributed by atoms with Crippen molar-refractivity contribution in [2.75, 3.05) is 6.54 Å². The summed E-state index contributed by atoms with van der Waals surface area (Å²) in [5, 5.41) is 15.4. The summed E-state index contributed by atoms with van der Waals surface area (Å²) < 4.78 is 0. The number of carbonyl (C=O) groups excluding carboxylic acids is 1. The number of carbonyl (C=O) groups is 2. The Hall–Kier alpha value is -1.88. The molecule has 3 N–H and O–H groups in total. The number of piperidine rings is 1. The van der Waals surface area contributed by atoms with E-state index in [1.807, 2.05) is 6.07 Å². The van der Waals surface area contributed by atoms with Crippen molar-refractivity contribution in [3.05, 3.63) is 35.9 Å². The largest absolute Gasteiger partial charge is 0.479 e. The van der Waals surface area contributed by atoms with Gasteiger partial charge in [0.05, 0.1) is 6.04 Å². The van der Waals surface area contributed by atoms with Gasteiger partial charge in [0.2, 0.25) is 5.91 Å². The molecule has 1 aromatic carbocycles. The van der Waals surface area contributed by atoms with Crippen LogP contribution in [0, 0.1) is 5.92 Å². The van der Waals surface area contributed by atoms with Gasteiger partial charge in [-0.3, -0.25) is 4.79 Å². The van der Waals surface area contributed by atoms with Crippen LogP contribution in [0.2, 0.25) is 0 Å². The van der Waals surface area contributed by atoms with E-state index in [-0.39, 0.29) is 11.9 Å². The third kappa shape index (κ3) is 3.42. The van der Waals surface area contributed by atoms with E-state index >= 15 is 0 Å². The van der Waals surface area contributed by atoms with Gasteiger partial charge in [0, 0.05) is 0 Å². The minimum absolute atomic E-state index is 0.254. The molecule has 1 saturated heterocycles. The maximum absolute atomic E-state index is 12.4. The fraction of sp³-hybridized carbons (Fsp3) is 0.500. The fourth-order valence-corrected chi connectivity index (χ4v) is 2.66. The van der Waals surface area contributed by atoms with Crippen LogP contribution in [-0.4, -0.2) is 29.6 Å². The molecule has 1 aliphatic heterocycles. The number of rotatable bonds is 4. The molecule has 1 aromatic rings. The predicted molar refractivity (Wildman–Crippen MR) is 79.8 cm³/mol. The quantitative estimate of drug-likeness (QED) is 0.785. The maximum Gasteiger partial charge on any atom is 0.333 e. The van der Waals surface area contributed by atoms with Crippen molar-refractivity contribution in [1.82, 2.24) is 10.6 Å².